The second-order valence-corrected chi connectivity index (χ2v) is 6.04. The second-order valence-electron chi connectivity index (χ2n) is 6.04. The van der Waals surface area contributed by atoms with E-state index in [0.29, 0.717) is 18.8 Å². The topological polar surface area (TPSA) is 58.2 Å². The van der Waals surface area contributed by atoms with Gasteiger partial charge >= 0.3 is 0 Å². The molecule has 0 aromatic heterocycles. The fourth-order valence-electron chi connectivity index (χ4n) is 3.06. The first kappa shape index (κ1) is 16.5. The van der Waals surface area contributed by atoms with Crippen molar-refractivity contribution >= 4 is 17.5 Å². The molecule has 2 amide bonds. The first-order chi connectivity index (χ1) is 10.6. The van der Waals surface area contributed by atoms with Crippen molar-refractivity contribution in [3.05, 3.63) is 29.8 Å². The van der Waals surface area contributed by atoms with Crippen LogP contribution in [0.4, 0.5) is 5.69 Å². The summed E-state index contributed by atoms with van der Waals surface area (Å²) in [5, 5.41) is 5.59. The van der Waals surface area contributed by atoms with Crippen LogP contribution in [0.5, 0.6) is 0 Å². The number of imide groups is 1. The second kappa shape index (κ2) is 7.97. The molecular formula is C18H26N2O2. The van der Waals surface area contributed by atoms with Gasteiger partial charge in [-0.3, -0.25) is 14.9 Å². The standard InChI is InChI=1S/C18H26N2O2/c1-3-5-13(6-4-2)14-7-9-15(10-8-14)19-16-11-12-17(21)20-18(16)22/h7-10,13,16,19H,3-6,11-12H2,1-2H3,(H,20,21,22). The number of hydrogen-bond acceptors (Lipinski definition) is 3. The van der Waals surface area contributed by atoms with E-state index in [0.717, 1.165) is 5.69 Å². The van der Waals surface area contributed by atoms with Gasteiger partial charge in [-0.05, 0) is 42.9 Å². The Morgan fingerprint density at radius 3 is 2.32 bits per heavy atom. The summed E-state index contributed by atoms with van der Waals surface area (Å²) in [6, 6.07) is 8.08. The predicted molar refractivity (Wildman–Crippen MR) is 88.8 cm³/mol. The van der Waals surface area contributed by atoms with Crippen molar-refractivity contribution in [2.24, 2.45) is 0 Å². The summed E-state index contributed by atoms with van der Waals surface area (Å²) in [7, 11) is 0. The lowest BCUT2D eigenvalue weighted by molar-refractivity contribution is -0.133. The van der Waals surface area contributed by atoms with E-state index in [9.17, 15) is 9.59 Å². The lowest BCUT2D eigenvalue weighted by Gasteiger charge is -2.23. The molecule has 22 heavy (non-hydrogen) atoms. The maximum atomic E-state index is 11.8. The highest BCUT2D eigenvalue weighted by atomic mass is 16.2. The normalized spacial score (nSPS) is 18.4. The average Bonchev–Trinajstić information content (AvgIpc) is 2.51. The van der Waals surface area contributed by atoms with Gasteiger partial charge in [0.15, 0.2) is 0 Å². The van der Waals surface area contributed by atoms with Gasteiger partial charge in [0.1, 0.15) is 6.04 Å². The van der Waals surface area contributed by atoms with E-state index in [4.69, 9.17) is 0 Å². The Balaban J connectivity index is 1.99. The third-order valence-corrected chi connectivity index (χ3v) is 4.24. The van der Waals surface area contributed by atoms with Crippen LogP contribution >= 0.6 is 0 Å². The fourth-order valence-corrected chi connectivity index (χ4v) is 3.06. The maximum Gasteiger partial charge on any atom is 0.249 e. The Kier molecular flexibility index (Phi) is 5.99. The number of nitrogens with one attached hydrogen (secondary N) is 2. The highest BCUT2D eigenvalue weighted by Crippen LogP contribution is 2.27. The van der Waals surface area contributed by atoms with E-state index in [1.54, 1.807) is 0 Å². The van der Waals surface area contributed by atoms with Gasteiger partial charge in [0.2, 0.25) is 11.8 Å². The molecule has 2 rings (SSSR count). The molecule has 4 heteroatoms. The number of piperidine rings is 1. The van der Waals surface area contributed by atoms with Gasteiger partial charge in [0, 0.05) is 12.1 Å². The van der Waals surface area contributed by atoms with E-state index in [1.165, 1.54) is 31.2 Å². The quantitative estimate of drug-likeness (QED) is 0.757. The van der Waals surface area contributed by atoms with Crippen LogP contribution in [-0.2, 0) is 9.59 Å². The molecule has 1 aliphatic heterocycles. The summed E-state index contributed by atoms with van der Waals surface area (Å²) in [5.74, 6) is 0.218. The van der Waals surface area contributed by atoms with E-state index < -0.39 is 0 Å². The highest BCUT2D eigenvalue weighted by Gasteiger charge is 2.26. The van der Waals surface area contributed by atoms with Gasteiger partial charge in [-0.15, -0.1) is 0 Å². The third kappa shape index (κ3) is 4.33. The smallest absolute Gasteiger partial charge is 0.249 e. The molecule has 1 aromatic rings. The molecule has 1 atom stereocenters. The minimum atomic E-state index is -0.314. The van der Waals surface area contributed by atoms with Gasteiger partial charge in [-0.1, -0.05) is 38.8 Å². The molecule has 1 saturated heterocycles. The van der Waals surface area contributed by atoms with Crippen molar-refractivity contribution < 1.29 is 9.59 Å². The zero-order valence-electron chi connectivity index (χ0n) is 13.5. The molecule has 0 aliphatic carbocycles. The molecule has 0 spiro atoms. The van der Waals surface area contributed by atoms with Crippen LogP contribution in [-0.4, -0.2) is 17.9 Å². The van der Waals surface area contributed by atoms with Crippen LogP contribution in [0, 0.1) is 0 Å². The minimum Gasteiger partial charge on any atom is -0.374 e. The number of anilines is 1. The molecule has 0 radical (unpaired) electrons. The van der Waals surface area contributed by atoms with Crippen LogP contribution in [0.1, 0.15) is 63.9 Å². The van der Waals surface area contributed by atoms with Crippen molar-refractivity contribution in [3.63, 3.8) is 0 Å². The maximum absolute atomic E-state index is 11.8. The minimum absolute atomic E-state index is 0.180. The molecule has 1 aliphatic rings. The number of carbonyl (C=O) groups excluding carboxylic acids is 2. The molecule has 2 N–H and O–H groups in total. The predicted octanol–water partition coefficient (Wildman–Crippen LogP) is 3.59. The monoisotopic (exact) mass is 302 g/mol. The summed E-state index contributed by atoms with van der Waals surface area (Å²) in [6.45, 7) is 4.45. The van der Waals surface area contributed by atoms with E-state index >= 15 is 0 Å². The molecule has 1 unspecified atom stereocenters. The van der Waals surface area contributed by atoms with Crippen molar-refractivity contribution in [1.82, 2.24) is 5.32 Å². The zero-order valence-corrected chi connectivity index (χ0v) is 13.5. The summed E-state index contributed by atoms with van der Waals surface area (Å²) in [6.07, 6.45) is 5.78. The summed E-state index contributed by atoms with van der Waals surface area (Å²) < 4.78 is 0. The Morgan fingerprint density at radius 1 is 1.14 bits per heavy atom. The third-order valence-electron chi connectivity index (χ3n) is 4.24. The lowest BCUT2D eigenvalue weighted by atomic mass is 9.90. The molecule has 4 nitrogen and oxygen atoms in total. The first-order valence-electron chi connectivity index (χ1n) is 8.34. The lowest BCUT2D eigenvalue weighted by Crippen LogP contribution is -2.47. The van der Waals surface area contributed by atoms with E-state index in [1.807, 2.05) is 12.1 Å². The number of hydrogen-bond donors (Lipinski definition) is 2. The average molecular weight is 302 g/mol. The van der Waals surface area contributed by atoms with Crippen LogP contribution in [0.15, 0.2) is 24.3 Å². The zero-order chi connectivity index (χ0) is 15.9. The number of benzene rings is 1. The Hall–Kier alpha value is -1.84. The fraction of sp³-hybridized carbons (Fsp3) is 0.556. The molecule has 120 valence electrons. The van der Waals surface area contributed by atoms with Crippen molar-refractivity contribution in [1.29, 1.82) is 0 Å². The van der Waals surface area contributed by atoms with Gasteiger partial charge in [-0.2, -0.15) is 0 Å². The summed E-state index contributed by atoms with van der Waals surface area (Å²) >= 11 is 0. The first-order valence-corrected chi connectivity index (χ1v) is 8.34. The van der Waals surface area contributed by atoms with Crippen molar-refractivity contribution in [2.75, 3.05) is 5.32 Å². The largest absolute Gasteiger partial charge is 0.374 e. The van der Waals surface area contributed by atoms with Gasteiger partial charge in [0.05, 0.1) is 0 Å². The van der Waals surface area contributed by atoms with Gasteiger partial charge in [0.25, 0.3) is 0 Å². The van der Waals surface area contributed by atoms with Gasteiger partial charge in [-0.25, -0.2) is 0 Å². The Labute approximate surface area is 132 Å². The summed E-state index contributed by atoms with van der Waals surface area (Å²) in [5.41, 5.74) is 2.31. The molecular weight excluding hydrogens is 276 g/mol. The van der Waals surface area contributed by atoms with E-state index in [2.05, 4.69) is 36.6 Å². The number of rotatable bonds is 7. The molecule has 1 heterocycles. The SMILES string of the molecule is CCCC(CCC)c1ccc(NC2CCC(=O)NC2=O)cc1. The van der Waals surface area contributed by atoms with Crippen LogP contribution < -0.4 is 10.6 Å². The molecule has 1 aromatic carbocycles. The van der Waals surface area contributed by atoms with Crippen LogP contribution in [0.2, 0.25) is 0 Å². The number of carbonyl (C=O) groups is 2. The van der Waals surface area contributed by atoms with Crippen molar-refractivity contribution in [3.8, 4) is 0 Å². The Bertz CT molecular complexity index is 504. The van der Waals surface area contributed by atoms with Crippen LogP contribution in [0.3, 0.4) is 0 Å². The number of amides is 2. The molecule has 1 fully saturated rings. The molecule has 0 saturated carbocycles. The van der Waals surface area contributed by atoms with Crippen molar-refractivity contribution in [2.45, 2.75) is 64.3 Å². The van der Waals surface area contributed by atoms with Gasteiger partial charge < -0.3 is 5.32 Å². The molecule has 0 bridgehead atoms. The van der Waals surface area contributed by atoms with Crippen LogP contribution in [0.25, 0.3) is 0 Å². The Morgan fingerprint density at radius 2 is 1.77 bits per heavy atom. The summed E-state index contributed by atoms with van der Waals surface area (Å²) in [4.78, 5) is 22.9. The van der Waals surface area contributed by atoms with E-state index in [-0.39, 0.29) is 17.9 Å². The highest BCUT2D eigenvalue weighted by molar-refractivity contribution is 6.01.